The van der Waals surface area contributed by atoms with Gasteiger partial charge in [-0.1, -0.05) is 16.6 Å². The molecule has 0 aliphatic heterocycles. The molecule has 0 unspecified atom stereocenters. The number of amides is 1. The number of benzene rings is 1. The number of anilines is 1. The molecule has 1 aromatic carbocycles. The van der Waals surface area contributed by atoms with Crippen molar-refractivity contribution >= 4 is 28.3 Å². The van der Waals surface area contributed by atoms with Crippen LogP contribution in [0.15, 0.2) is 30.5 Å². The third-order valence-electron chi connectivity index (χ3n) is 3.73. The molecule has 0 spiro atoms. The number of esters is 1. The van der Waals surface area contributed by atoms with Crippen LogP contribution < -0.4 is 10.1 Å². The summed E-state index contributed by atoms with van der Waals surface area (Å²) in [5, 5.41) is 11.1. The summed E-state index contributed by atoms with van der Waals surface area (Å²) >= 11 is 1.08. The van der Waals surface area contributed by atoms with Gasteiger partial charge in [0.15, 0.2) is 5.13 Å². The van der Waals surface area contributed by atoms with E-state index in [1.165, 1.54) is 4.68 Å². The van der Waals surface area contributed by atoms with Crippen LogP contribution in [0.2, 0.25) is 0 Å². The Morgan fingerprint density at radius 1 is 1.25 bits per heavy atom. The average molecular weight is 401 g/mol. The molecular weight excluding hydrogens is 382 g/mol. The monoisotopic (exact) mass is 401 g/mol. The Morgan fingerprint density at radius 2 is 2.00 bits per heavy atom. The number of aromatic nitrogens is 4. The van der Waals surface area contributed by atoms with Gasteiger partial charge in [0.05, 0.1) is 25.6 Å². The van der Waals surface area contributed by atoms with E-state index in [0.29, 0.717) is 21.4 Å². The normalized spacial score (nSPS) is 10.5. The van der Waals surface area contributed by atoms with Crippen LogP contribution >= 0.6 is 11.3 Å². The van der Waals surface area contributed by atoms with E-state index < -0.39 is 5.97 Å². The number of ether oxygens (including phenoxy) is 2. The lowest BCUT2D eigenvalue weighted by atomic mass is 10.2. The molecule has 9 nitrogen and oxygen atoms in total. The van der Waals surface area contributed by atoms with Crippen LogP contribution in [0.4, 0.5) is 5.13 Å². The van der Waals surface area contributed by atoms with E-state index in [9.17, 15) is 9.59 Å². The molecule has 1 amide bonds. The Kier molecular flexibility index (Phi) is 5.99. The fourth-order valence-electron chi connectivity index (χ4n) is 2.41. The first-order chi connectivity index (χ1) is 13.5. The fraction of sp³-hybridized carbons (Fsp3) is 0.278. The van der Waals surface area contributed by atoms with Crippen molar-refractivity contribution in [2.45, 2.75) is 20.4 Å². The number of hydrogen-bond acceptors (Lipinski definition) is 8. The maximum atomic E-state index is 12.3. The van der Waals surface area contributed by atoms with Crippen molar-refractivity contribution < 1.29 is 19.1 Å². The second-order valence-corrected chi connectivity index (χ2v) is 6.73. The molecule has 146 valence electrons. The first kappa shape index (κ1) is 19.5. The zero-order chi connectivity index (χ0) is 20.1. The Labute approximate surface area is 165 Å². The summed E-state index contributed by atoms with van der Waals surface area (Å²) in [5.41, 5.74) is 2.02. The second kappa shape index (κ2) is 8.61. The van der Waals surface area contributed by atoms with Gasteiger partial charge in [0, 0.05) is 5.56 Å². The Balaban J connectivity index is 1.63. The van der Waals surface area contributed by atoms with Gasteiger partial charge in [-0.25, -0.2) is 14.5 Å². The van der Waals surface area contributed by atoms with Crippen LogP contribution in [0.25, 0.3) is 11.3 Å². The highest BCUT2D eigenvalue weighted by Crippen LogP contribution is 2.23. The molecule has 0 bridgehead atoms. The van der Waals surface area contributed by atoms with Gasteiger partial charge >= 0.3 is 5.97 Å². The maximum Gasteiger partial charge on any atom is 0.350 e. The zero-order valence-electron chi connectivity index (χ0n) is 15.6. The van der Waals surface area contributed by atoms with Crippen molar-refractivity contribution in [1.82, 2.24) is 20.0 Å². The molecule has 2 aromatic heterocycles. The SMILES string of the molecule is CCOC(=O)c1sc(NC(=O)Cn2cc(-c3ccc(OC)cc3)nn2)nc1C. The average Bonchev–Trinajstić information content (AvgIpc) is 3.28. The highest BCUT2D eigenvalue weighted by atomic mass is 32.1. The van der Waals surface area contributed by atoms with Crippen LogP contribution in [0.1, 0.15) is 22.3 Å². The van der Waals surface area contributed by atoms with Crippen molar-refractivity contribution in [2.75, 3.05) is 19.0 Å². The summed E-state index contributed by atoms with van der Waals surface area (Å²) in [7, 11) is 1.60. The van der Waals surface area contributed by atoms with Gasteiger partial charge in [-0.15, -0.1) is 5.10 Å². The molecule has 0 saturated heterocycles. The van der Waals surface area contributed by atoms with Gasteiger partial charge in [-0.3, -0.25) is 4.79 Å². The molecule has 0 aliphatic carbocycles. The van der Waals surface area contributed by atoms with Crippen molar-refractivity contribution in [2.24, 2.45) is 0 Å². The molecule has 0 aliphatic rings. The molecule has 3 aromatic rings. The predicted octanol–water partition coefficient (Wildman–Crippen LogP) is 2.53. The second-order valence-electron chi connectivity index (χ2n) is 5.73. The third-order valence-corrected chi connectivity index (χ3v) is 4.79. The molecule has 0 atom stereocenters. The lowest BCUT2D eigenvalue weighted by molar-refractivity contribution is -0.116. The predicted molar refractivity (Wildman–Crippen MR) is 103 cm³/mol. The molecule has 0 radical (unpaired) electrons. The minimum absolute atomic E-state index is 0.0312. The van der Waals surface area contributed by atoms with E-state index in [0.717, 1.165) is 22.6 Å². The highest BCUT2D eigenvalue weighted by Gasteiger charge is 2.18. The number of carbonyl (C=O) groups excluding carboxylic acids is 2. The van der Waals surface area contributed by atoms with Crippen molar-refractivity contribution in [3.63, 3.8) is 0 Å². The number of rotatable bonds is 7. The molecular formula is C18H19N5O4S. The van der Waals surface area contributed by atoms with Gasteiger partial charge in [-0.05, 0) is 38.1 Å². The molecule has 28 heavy (non-hydrogen) atoms. The smallest absolute Gasteiger partial charge is 0.350 e. The van der Waals surface area contributed by atoms with Gasteiger partial charge in [0.25, 0.3) is 0 Å². The van der Waals surface area contributed by atoms with Crippen LogP contribution in [-0.4, -0.2) is 45.6 Å². The van der Waals surface area contributed by atoms with Crippen molar-refractivity contribution in [3.8, 4) is 17.0 Å². The number of aryl methyl sites for hydroxylation is 1. The van der Waals surface area contributed by atoms with Gasteiger partial charge in [0.1, 0.15) is 22.9 Å². The minimum Gasteiger partial charge on any atom is -0.497 e. The van der Waals surface area contributed by atoms with Crippen molar-refractivity contribution in [3.05, 3.63) is 41.0 Å². The van der Waals surface area contributed by atoms with E-state index in [1.54, 1.807) is 27.2 Å². The zero-order valence-corrected chi connectivity index (χ0v) is 16.4. The van der Waals surface area contributed by atoms with E-state index in [2.05, 4.69) is 20.6 Å². The standard InChI is InChI=1S/C18H19N5O4S/c1-4-27-17(25)16-11(2)19-18(28-16)20-15(24)10-23-9-14(21-22-23)12-5-7-13(26-3)8-6-12/h5-9H,4,10H2,1-3H3,(H,19,20,24). The largest absolute Gasteiger partial charge is 0.497 e. The summed E-state index contributed by atoms with van der Waals surface area (Å²) in [6.07, 6.45) is 1.68. The van der Waals surface area contributed by atoms with Crippen LogP contribution in [0.3, 0.4) is 0 Å². The number of carbonyl (C=O) groups is 2. The van der Waals surface area contributed by atoms with Crippen LogP contribution in [0.5, 0.6) is 5.75 Å². The quantitative estimate of drug-likeness (QED) is 0.606. The first-order valence-electron chi connectivity index (χ1n) is 8.49. The van der Waals surface area contributed by atoms with E-state index >= 15 is 0 Å². The lowest BCUT2D eigenvalue weighted by Crippen LogP contribution is -2.19. The van der Waals surface area contributed by atoms with Gasteiger partial charge in [-0.2, -0.15) is 0 Å². The summed E-state index contributed by atoms with van der Waals surface area (Å²) in [6, 6.07) is 7.38. The Hall–Kier alpha value is -3.27. The maximum absolute atomic E-state index is 12.3. The number of hydrogen-bond donors (Lipinski definition) is 1. The van der Waals surface area contributed by atoms with Gasteiger partial charge < -0.3 is 14.8 Å². The molecule has 0 fully saturated rings. The summed E-state index contributed by atoms with van der Waals surface area (Å²) < 4.78 is 11.5. The van der Waals surface area contributed by atoms with E-state index in [-0.39, 0.29) is 19.1 Å². The minimum atomic E-state index is -0.446. The molecule has 2 heterocycles. The molecule has 10 heteroatoms. The van der Waals surface area contributed by atoms with E-state index in [4.69, 9.17) is 9.47 Å². The fourth-order valence-corrected chi connectivity index (χ4v) is 3.29. The summed E-state index contributed by atoms with van der Waals surface area (Å²) in [6.45, 7) is 3.67. The number of methoxy groups -OCH3 is 1. The molecule has 3 rings (SSSR count). The number of nitrogens with zero attached hydrogens (tertiary/aromatic N) is 4. The highest BCUT2D eigenvalue weighted by molar-refractivity contribution is 7.17. The molecule has 0 saturated carbocycles. The third kappa shape index (κ3) is 4.52. The van der Waals surface area contributed by atoms with Crippen molar-refractivity contribution in [1.29, 1.82) is 0 Å². The van der Waals surface area contributed by atoms with Crippen LogP contribution in [0, 0.1) is 6.92 Å². The Bertz CT molecular complexity index is 980. The topological polar surface area (TPSA) is 108 Å². The molecule has 1 N–H and O–H groups in total. The summed E-state index contributed by atoms with van der Waals surface area (Å²) in [5.74, 6) is -0.0230. The first-order valence-corrected chi connectivity index (χ1v) is 9.30. The van der Waals surface area contributed by atoms with Crippen LogP contribution in [-0.2, 0) is 16.1 Å². The Morgan fingerprint density at radius 3 is 2.68 bits per heavy atom. The number of thiazole rings is 1. The summed E-state index contributed by atoms with van der Waals surface area (Å²) in [4.78, 5) is 28.7. The van der Waals surface area contributed by atoms with Gasteiger partial charge in [0.2, 0.25) is 5.91 Å². The van der Waals surface area contributed by atoms with E-state index in [1.807, 2.05) is 24.3 Å². The number of nitrogens with one attached hydrogen (secondary N) is 1. The lowest BCUT2D eigenvalue weighted by Gasteiger charge is -2.01.